The van der Waals surface area contributed by atoms with Crippen LogP contribution in [0.4, 0.5) is 0 Å². The number of fused-ring (bicyclic) bond motifs is 1. The van der Waals surface area contributed by atoms with Crippen molar-refractivity contribution in [1.29, 1.82) is 0 Å². The van der Waals surface area contributed by atoms with Crippen LogP contribution in [0.3, 0.4) is 0 Å². The van der Waals surface area contributed by atoms with E-state index >= 15 is 0 Å². The maximum atomic E-state index is 12.9. The van der Waals surface area contributed by atoms with Crippen LogP contribution in [0.1, 0.15) is 34.5 Å². The third-order valence-electron chi connectivity index (χ3n) is 5.09. The van der Waals surface area contributed by atoms with Crippen LogP contribution < -0.4 is 10.1 Å². The van der Waals surface area contributed by atoms with Gasteiger partial charge in [-0.25, -0.2) is 0 Å². The van der Waals surface area contributed by atoms with E-state index in [-0.39, 0.29) is 11.9 Å². The summed E-state index contributed by atoms with van der Waals surface area (Å²) in [6.45, 7) is 2.56. The Bertz CT molecular complexity index is 1180. The molecule has 0 bridgehead atoms. The van der Waals surface area contributed by atoms with Gasteiger partial charge in [0.25, 0.3) is 5.91 Å². The molecule has 0 aliphatic rings. The number of benzene rings is 3. The lowest BCUT2D eigenvalue weighted by Crippen LogP contribution is -2.26. The third kappa shape index (κ3) is 4.31. The molecule has 1 N–H and O–H groups in total. The van der Waals surface area contributed by atoms with Gasteiger partial charge in [-0.15, -0.1) is 0 Å². The number of methoxy groups -OCH3 is 1. The second-order valence-electron chi connectivity index (χ2n) is 7.17. The van der Waals surface area contributed by atoms with Gasteiger partial charge < -0.3 is 10.1 Å². The molecule has 0 aliphatic heterocycles. The quantitative estimate of drug-likeness (QED) is 0.465. The normalized spacial score (nSPS) is 12.0. The number of nitrogens with zero attached hydrogens (tertiary/aromatic N) is 2. The topological polar surface area (TPSA) is 56.1 Å². The number of amides is 1. The van der Waals surface area contributed by atoms with E-state index in [0.717, 1.165) is 27.8 Å². The van der Waals surface area contributed by atoms with Crippen molar-refractivity contribution in [1.82, 2.24) is 15.1 Å². The molecule has 30 heavy (non-hydrogen) atoms. The molecule has 5 nitrogen and oxygen atoms in total. The molecule has 1 atom stereocenters. The van der Waals surface area contributed by atoms with Gasteiger partial charge in [0, 0.05) is 16.0 Å². The number of hydrogen-bond donors (Lipinski definition) is 1. The summed E-state index contributed by atoms with van der Waals surface area (Å²) >= 11 is 5.97. The largest absolute Gasteiger partial charge is 0.497 e. The Morgan fingerprint density at radius 3 is 2.70 bits per heavy atom. The highest BCUT2D eigenvalue weighted by Gasteiger charge is 2.14. The van der Waals surface area contributed by atoms with E-state index in [2.05, 4.69) is 10.4 Å². The summed E-state index contributed by atoms with van der Waals surface area (Å²) in [6.07, 6.45) is 1.81. The second kappa shape index (κ2) is 8.59. The first-order valence-electron chi connectivity index (χ1n) is 9.68. The van der Waals surface area contributed by atoms with Crippen LogP contribution in [0.25, 0.3) is 10.9 Å². The number of rotatable bonds is 6. The van der Waals surface area contributed by atoms with Crippen LogP contribution in [0, 0.1) is 0 Å². The molecule has 0 radical (unpaired) electrons. The first-order chi connectivity index (χ1) is 14.5. The number of carbonyl (C=O) groups is 1. The van der Waals surface area contributed by atoms with Crippen molar-refractivity contribution in [3.05, 3.63) is 94.6 Å². The molecule has 6 heteroatoms. The average Bonchev–Trinajstić information content (AvgIpc) is 3.17. The molecule has 1 amide bonds. The molecule has 4 aromatic rings. The molecule has 1 heterocycles. The van der Waals surface area contributed by atoms with Crippen molar-refractivity contribution in [2.45, 2.75) is 19.5 Å². The molecule has 0 saturated heterocycles. The fraction of sp³-hybridized carbons (Fsp3) is 0.167. The number of nitrogens with one attached hydrogen (secondary N) is 1. The van der Waals surface area contributed by atoms with Crippen molar-refractivity contribution >= 4 is 28.4 Å². The number of aromatic nitrogens is 2. The van der Waals surface area contributed by atoms with Crippen LogP contribution in [-0.2, 0) is 6.54 Å². The van der Waals surface area contributed by atoms with E-state index in [0.29, 0.717) is 17.1 Å². The molecule has 0 fully saturated rings. The minimum Gasteiger partial charge on any atom is -0.497 e. The lowest BCUT2D eigenvalue weighted by Gasteiger charge is -2.15. The summed E-state index contributed by atoms with van der Waals surface area (Å²) < 4.78 is 7.16. The fourth-order valence-electron chi connectivity index (χ4n) is 3.37. The van der Waals surface area contributed by atoms with E-state index in [1.54, 1.807) is 7.11 Å². The Morgan fingerprint density at radius 1 is 1.13 bits per heavy atom. The van der Waals surface area contributed by atoms with E-state index in [4.69, 9.17) is 16.3 Å². The minimum atomic E-state index is -0.151. The summed E-state index contributed by atoms with van der Waals surface area (Å²) in [7, 11) is 1.63. The summed E-state index contributed by atoms with van der Waals surface area (Å²) in [5.41, 5.74) is 3.57. The Balaban J connectivity index is 1.54. The summed E-state index contributed by atoms with van der Waals surface area (Å²) in [4.78, 5) is 12.9. The van der Waals surface area contributed by atoms with Gasteiger partial charge in [0.2, 0.25) is 0 Å². The van der Waals surface area contributed by atoms with Gasteiger partial charge in [-0.1, -0.05) is 41.9 Å². The Labute approximate surface area is 180 Å². The molecule has 0 aliphatic carbocycles. The predicted molar refractivity (Wildman–Crippen MR) is 119 cm³/mol. The molecule has 1 aromatic heterocycles. The van der Waals surface area contributed by atoms with Crippen molar-refractivity contribution in [3.8, 4) is 5.75 Å². The number of ether oxygens (including phenoxy) is 1. The van der Waals surface area contributed by atoms with Crippen LogP contribution in [-0.4, -0.2) is 22.8 Å². The summed E-state index contributed by atoms with van der Waals surface area (Å²) in [5, 5.41) is 9.23. The van der Waals surface area contributed by atoms with Gasteiger partial charge in [0.05, 0.1) is 31.4 Å². The smallest absolute Gasteiger partial charge is 0.251 e. The number of halogens is 1. The van der Waals surface area contributed by atoms with Gasteiger partial charge in [-0.05, 0) is 54.4 Å². The standard InChI is InChI=1S/C24H22ClN3O2/c1-16(18-4-3-5-22(12-18)30-2)27-24(29)19-8-9-20-14-26-28(23(20)13-19)15-17-6-10-21(25)11-7-17/h3-14,16H,15H2,1-2H3,(H,27,29). The SMILES string of the molecule is COc1cccc(C(C)NC(=O)c2ccc3cnn(Cc4ccc(Cl)cc4)c3c2)c1. The lowest BCUT2D eigenvalue weighted by molar-refractivity contribution is 0.0940. The molecule has 3 aromatic carbocycles. The maximum Gasteiger partial charge on any atom is 0.251 e. The summed E-state index contributed by atoms with van der Waals surface area (Å²) in [5.74, 6) is 0.632. The molecule has 1 unspecified atom stereocenters. The van der Waals surface area contributed by atoms with Crippen LogP contribution in [0.15, 0.2) is 72.9 Å². The molecular weight excluding hydrogens is 398 g/mol. The fourth-order valence-corrected chi connectivity index (χ4v) is 3.50. The highest BCUT2D eigenvalue weighted by Crippen LogP contribution is 2.21. The first-order valence-corrected chi connectivity index (χ1v) is 10.1. The van der Waals surface area contributed by atoms with E-state index < -0.39 is 0 Å². The molecule has 4 rings (SSSR count). The summed E-state index contributed by atoms with van der Waals surface area (Å²) in [6, 6.07) is 20.8. The van der Waals surface area contributed by atoms with Gasteiger partial charge in [0.15, 0.2) is 0 Å². The Morgan fingerprint density at radius 2 is 1.93 bits per heavy atom. The maximum absolute atomic E-state index is 12.9. The zero-order valence-corrected chi connectivity index (χ0v) is 17.6. The molecule has 0 spiro atoms. The molecule has 152 valence electrons. The molecule has 0 saturated carbocycles. The highest BCUT2D eigenvalue weighted by molar-refractivity contribution is 6.30. The molecular formula is C24H22ClN3O2. The second-order valence-corrected chi connectivity index (χ2v) is 7.61. The monoisotopic (exact) mass is 419 g/mol. The van der Waals surface area contributed by atoms with Crippen molar-refractivity contribution in [2.75, 3.05) is 7.11 Å². The number of carbonyl (C=O) groups excluding carboxylic acids is 1. The van der Waals surface area contributed by atoms with Crippen LogP contribution in [0.5, 0.6) is 5.75 Å². The van der Waals surface area contributed by atoms with Crippen LogP contribution >= 0.6 is 11.6 Å². The van der Waals surface area contributed by atoms with Gasteiger partial charge >= 0.3 is 0 Å². The van der Waals surface area contributed by atoms with E-state index in [1.165, 1.54) is 0 Å². The highest BCUT2D eigenvalue weighted by atomic mass is 35.5. The zero-order chi connectivity index (χ0) is 21.1. The average molecular weight is 420 g/mol. The van der Waals surface area contributed by atoms with Gasteiger partial charge in [0.1, 0.15) is 5.75 Å². The first kappa shape index (κ1) is 20.0. The zero-order valence-electron chi connectivity index (χ0n) is 16.8. The van der Waals surface area contributed by atoms with Crippen LogP contribution in [0.2, 0.25) is 5.02 Å². The minimum absolute atomic E-state index is 0.133. The number of hydrogen-bond acceptors (Lipinski definition) is 3. The Hall–Kier alpha value is -3.31. The van der Waals surface area contributed by atoms with Gasteiger partial charge in [-0.2, -0.15) is 5.10 Å². The lowest BCUT2D eigenvalue weighted by atomic mass is 10.1. The van der Waals surface area contributed by atoms with Crippen molar-refractivity contribution in [3.63, 3.8) is 0 Å². The van der Waals surface area contributed by atoms with Gasteiger partial charge in [-0.3, -0.25) is 9.48 Å². The predicted octanol–water partition coefficient (Wildman–Crippen LogP) is 5.24. The van der Waals surface area contributed by atoms with E-state index in [9.17, 15) is 4.79 Å². The van der Waals surface area contributed by atoms with Crippen molar-refractivity contribution < 1.29 is 9.53 Å². The van der Waals surface area contributed by atoms with E-state index in [1.807, 2.05) is 84.5 Å². The third-order valence-corrected chi connectivity index (χ3v) is 5.35. The van der Waals surface area contributed by atoms with Crippen molar-refractivity contribution in [2.24, 2.45) is 0 Å². The Kier molecular flexibility index (Phi) is 5.72.